The first-order valence-electron chi connectivity index (χ1n) is 6.91. The number of para-hydroxylation sites is 1. The molecule has 1 aliphatic heterocycles. The van der Waals surface area contributed by atoms with Crippen molar-refractivity contribution < 1.29 is 0 Å². The Kier molecular flexibility index (Phi) is 4.43. The highest BCUT2D eigenvalue weighted by Gasteiger charge is 2.22. The van der Waals surface area contributed by atoms with Crippen molar-refractivity contribution in [3.8, 4) is 0 Å². The van der Waals surface area contributed by atoms with Gasteiger partial charge in [-0.2, -0.15) is 0 Å². The first kappa shape index (κ1) is 12.4. The fourth-order valence-electron chi connectivity index (χ4n) is 2.73. The third kappa shape index (κ3) is 3.01. The zero-order valence-electron chi connectivity index (χ0n) is 11.1. The molecule has 0 amide bonds. The molecule has 0 unspecified atom stereocenters. The second-order valence-electron chi connectivity index (χ2n) is 4.93. The summed E-state index contributed by atoms with van der Waals surface area (Å²) >= 11 is 0. The molecule has 0 aromatic heterocycles. The Morgan fingerprint density at radius 2 is 1.88 bits per heavy atom. The summed E-state index contributed by atoms with van der Waals surface area (Å²) in [5.74, 6) is 0. The molecule has 0 spiro atoms. The molecule has 1 aliphatic rings. The van der Waals surface area contributed by atoms with Crippen molar-refractivity contribution in [1.82, 2.24) is 4.90 Å². The lowest BCUT2D eigenvalue weighted by atomic mass is 9.98. The van der Waals surface area contributed by atoms with Gasteiger partial charge in [-0.1, -0.05) is 32.0 Å². The van der Waals surface area contributed by atoms with Crippen LogP contribution in [-0.2, 0) is 6.42 Å². The molecular formula is C15H24N2. The Labute approximate surface area is 105 Å². The summed E-state index contributed by atoms with van der Waals surface area (Å²) in [6, 6.07) is 9.37. The first-order chi connectivity index (χ1) is 8.35. The molecule has 1 atom stereocenters. The van der Waals surface area contributed by atoms with E-state index in [2.05, 4.69) is 48.3 Å². The summed E-state index contributed by atoms with van der Waals surface area (Å²) in [7, 11) is 0. The maximum absolute atomic E-state index is 3.57. The molecular weight excluding hydrogens is 208 g/mol. The van der Waals surface area contributed by atoms with E-state index in [1.807, 2.05) is 0 Å². The highest BCUT2D eigenvalue weighted by molar-refractivity contribution is 5.53. The highest BCUT2D eigenvalue weighted by Crippen LogP contribution is 2.23. The van der Waals surface area contributed by atoms with Gasteiger partial charge >= 0.3 is 0 Å². The summed E-state index contributed by atoms with van der Waals surface area (Å²) in [6.07, 6.45) is 3.69. The number of fused-ring (bicyclic) bond motifs is 1. The van der Waals surface area contributed by atoms with Crippen LogP contribution >= 0.6 is 0 Å². The fraction of sp³-hybridized carbons (Fsp3) is 0.600. The van der Waals surface area contributed by atoms with Crippen molar-refractivity contribution in [2.24, 2.45) is 0 Å². The second kappa shape index (κ2) is 6.06. The van der Waals surface area contributed by atoms with Gasteiger partial charge in [0.25, 0.3) is 0 Å². The number of benzene rings is 1. The van der Waals surface area contributed by atoms with Crippen molar-refractivity contribution in [2.75, 3.05) is 25.0 Å². The van der Waals surface area contributed by atoms with E-state index in [9.17, 15) is 0 Å². The van der Waals surface area contributed by atoms with Crippen molar-refractivity contribution in [3.63, 3.8) is 0 Å². The molecule has 0 fully saturated rings. The van der Waals surface area contributed by atoms with Gasteiger partial charge in [-0.05, 0) is 44.0 Å². The van der Waals surface area contributed by atoms with Crippen LogP contribution in [0.5, 0.6) is 0 Å². The summed E-state index contributed by atoms with van der Waals surface area (Å²) in [6.45, 7) is 8.08. The summed E-state index contributed by atoms with van der Waals surface area (Å²) < 4.78 is 0. The van der Waals surface area contributed by atoms with Gasteiger partial charge in [0.15, 0.2) is 0 Å². The number of hydrogen-bond acceptors (Lipinski definition) is 2. The number of anilines is 1. The maximum atomic E-state index is 3.57. The van der Waals surface area contributed by atoms with E-state index in [1.165, 1.54) is 43.6 Å². The van der Waals surface area contributed by atoms with Crippen molar-refractivity contribution in [2.45, 2.75) is 39.2 Å². The second-order valence-corrected chi connectivity index (χ2v) is 4.93. The molecule has 1 aromatic rings. The normalized spacial score (nSPS) is 18.9. The number of nitrogens with one attached hydrogen (secondary N) is 1. The zero-order valence-corrected chi connectivity index (χ0v) is 11.1. The number of rotatable bonds is 5. The molecule has 0 saturated carbocycles. The molecule has 2 heteroatoms. The van der Waals surface area contributed by atoms with E-state index in [-0.39, 0.29) is 0 Å². The lowest BCUT2D eigenvalue weighted by molar-refractivity contribution is 0.200. The average Bonchev–Trinajstić information content (AvgIpc) is 2.38. The molecule has 2 nitrogen and oxygen atoms in total. The topological polar surface area (TPSA) is 15.3 Å². The van der Waals surface area contributed by atoms with Gasteiger partial charge in [-0.3, -0.25) is 4.90 Å². The zero-order chi connectivity index (χ0) is 12.1. The SMILES string of the molecule is CCCN(CCC)[C@H]1CNc2ccccc2C1. The Morgan fingerprint density at radius 3 is 2.59 bits per heavy atom. The van der Waals surface area contributed by atoms with Crippen LogP contribution in [0, 0.1) is 0 Å². The van der Waals surface area contributed by atoms with Gasteiger partial charge in [0.2, 0.25) is 0 Å². The third-order valence-electron chi connectivity index (χ3n) is 3.54. The Balaban J connectivity index is 2.04. The predicted molar refractivity (Wildman–Crippen MR) is 74.6 cm³/mol. The molecule has 1 heterocycles. The lowest BCUT2D eigenvalue weighted by Gasteiger charge is -2.35. The van der Waals surface area contributed by atoms with Gasteiger partial charge in [-0.15, -0.1) is 0 Å². The van der Waals surface area contributed by atoms with Crippen molar-refractivity contribution >= 4 is 5.69 Å². The highest BCUT2D eigenvalue weighted by atomic mass is 15.2. The summed E-state index contributed by atoms with van der Waals surface area (Å²) in [5.41, 5.74) is 2.80. The van der Waals surface area contributed by atoms with E-state index in [4.69, 9.17) is 0 Å². The summed E-state index contributed by atoms with van der Waals surface area (Å²) in [5, 5.41) is 3.57. The Bertz CT molecular complexity index is 343. The van der Waals surface area contributed by atoms with E-state index in [0.29, 0.717) is 6.04 Å². The molecule has 94 valence electrons. The molecule has 2 rings (SSSR count). The van der Waals surface area contributed by atoms with Crippen LogP contribution in [-0.4, -0.2) is 30.6 Å². The average molecular weight is 232 g/mol. The minimum atomic E-state index is 0.671. The number of hydrogen-bond donors (Lipinski definition) is 1. The minimum Gasteiger partial charge on any atom is -0.383 e. The largest absolute Gasteiger partial charge is 0.383 e. The summed E-state index contributed by atoms with van der Waals surface area (Å²) in [4.78, 5) is 2.64. The van der Waals surface area contributed by atoms with Crippen LogP contribution in [0.25, 0.3) is 0 Å². The molecule has 0 aliphatic carbocycles. The standard InChI is InChI=1S/C15H24N2/c1-3-9-17(10-4-2)14-11-13-7-5-6-8-15(13)16-12-14/h5-8,14,16H,3-4,9-12H2,1-2H3/t14-/m1/s1. The smallest absolute Gasteiger partial charge is 0.0373 e. The lowest BCUT2D eigenvalue weighted by Crippen LogP contribution is -2.44. The third-order valence-corrected chi connectivity index (χ3v) is 3.54. The molecule has 0 bridgehead atoms. The van der Waals surface area contributed by atoms with E-state index >= 15 is 0 Å². The van der Waals surface area contributed by atoms with Crippen LogP contribution < -0.4 is 5.32 Å². The van der Waals surface area contributed by atoms with Crippen LogP contribution in [0.4, 0.5) is 5.69 Å². The quantitative estimate of drug-likeness (QED) is 0.839. The van der Waals surface area contributed by atoms with Gasteiger partial charge in [0, 0.05) is 18.3 Å². The molecule has 0 radical (unpaired) electrons. The first-order valence-corrected chi connectivity index (χ1v) is 6.91. The number of nitrogens with zero attached hydrogens (tertiary/aromatic N) is 1. The predicted octanol–water partition coefficient (Wildman–Crippen LogP) is 3.15. The molecule has 1 N–H and O–H groups in total. The molecule has 17 heavy (non-hydrogen) atoms. The fourth-order valence-corrected chi connectivity index (χ4v) is 2.73. The molecule has 1 aromatic carbocycles. The van der Waals surface area contributed by atoms with Gasteiger partial charge in [-0.25, -0.2) is 0 Å². The minimum absolute atomic E-state index is 0.671. The van der Waals surface area contributed by atoms with E-state index in [0.717, 1.165) is 6.54 Å². The van der Waals surface area contributed by atoms with Gasteiger partial charge in [0.1, 0.15) is 0 Å². The van der Waals surface area contributed by atoms with Gasteiger partial charge < -0.3 is 5.32 Å². The van der Waals surface area contributed by atoms with Crippen molar-refractivity contribution in [1.29, 1.82) is 0 Å². The van der Waals surface area contributed by atoms with Crippen LogP contribution in [0.15, 0.2) is 24.3 Å². The monoisotopic (exact) mass is 232 g/mol. The van der Waals surface area contributed by atoms with Crippen LogP contribution in [0.3, 0.4) is 0 Å². The Hall–Kier alpha value is -1.02. The van der Waals surface area contributed by atoms with E-state index in [1.54, 1.807) is 0 Å². The van der Waals surface area contributed by atoms with Crippen LogP contribution in [0.2, 0.25) is 0 Å². The maximum Gasteiger partial charge on any atom is 0.0373 e. The van der Waals surface area contributed by atoms with Crippen molar-refractivity contribution in [3.05, 3.63) is 29.8 Å². The van der Waals surface area contributed by atoms with E-state index < -0.39 is 0 Å². The Morgan fingerprint density at radius 1 is 1.18 bits per heavy atom. The van der Waals surface area contributed by atoms with Gasteiger partial charge in [0.05, 0.1) is 0 Å². The molecule has 0 saturated heterocycles. The van der Waals surface area contributed by atoms with Crippen LogP contribution in [0.1, 0.15) is 32.3 Å².